The Morgan fingerprint density at radius 1 is 1.25 bits per heavy atom. The van der Waals surface area contributed by atoms with Crippen molar-refractivity contribution in [2.75, 3.05) is 12.4 Å². The van der Waals surface area contributed by atoms with Crippen molar-refractivity contribution in [1.29, 1.82) is 0 Å². The van der Waals surface area contributed by atoms with Gasteiger partial charge in [0.25, 0.3) is 0 Å². The maximum Gasteiger partial charge on any atom is 0.426 e. The lowest BCUT2D eigenvalue weighted by molar-refractivity contribution is 0.0513. The van der Waals surface area contributed by atoms with Gasteiger partial charge in [-0.3, -0.25) is 5.43 Å². The third-order valence-electron chi connectivity index (χ3n) is 2.00. The van der Waals surface area contributed by atoms with Gasteiger partial charge >= 0.3 is 6.09 Å². The van der Waals surface area contributed by atoms with Crippen molar-refractivity contribution in [2.45, 2.75) is 26.4 Å². The number of thiocarbonyl (C=S) groups is 1. The lowest BCUT2D eigenvalue weighted by Crippen LogP contribution is -2.45. The number of benzene rings is 1. The van der Waals surface area contributed by atoms with Crippen molar-refractivity contribution in [3.05, 3.63) is 24.3 Å². The fourth-order valence-corrected chi connectivity index (χ4v) is 1.44. The predicted octanol–water partition coefficient (Wildman–Crippen LogP) is 2.42. The van der Waals surface area contributed by atoms with Crippen LogP contribution in [-0.4, -0.2) is 23.9 Å². The number of nitrogens with one attached hydrogen (secondary N) is 3. The predicted molar refractivity (Wildman–Crippen MR) is 81.7 cm³/mol. The normalized spacial score (nSPS) is 10.4. The lowest BCUT2D eigenvalue weighted by Gasteiger charge is -2.20. The Kier molecular flexibility index (Phi) is 5.57. The van der Waals surface area contributed by atoms with Gasteiger partial charge in [0.1, 0.15) is 11.4 Å². The van der Waals surface area contributed by atoms with Crippen molar-refractivity contribution in [2.24, 2.45) is 0 Å². The molecule has 0 fully saturated rings. The number of ether oxygens (including phenoxy) is 2. The fourth-order valence-electron chi connectivity index (χ4n) is 1.27. The number of carbonyl (C=O) groups excluding carboxylic acids is 1. The van der Waals surface area contributed by atoms with Crippen molar-refractivity contribution in [3.63, 3.8) is 0 Å². The van der Waals surface area contributed by atoms with Crippen LogP contribution < -0.4 is 20.9 Å². The molecule has 0 saturated heterocycles. The number of carbonyl (C=O) groups is 1. The summed E-state index contributed by atoms with van der Waals surface area (Å²) in [7, 11) is 1.58. The zero-order valence-electron chi connectivity index (χ0n) is 11.9. The highest BCUT2D eigenvalue weighted by Gasteiger charge is 2.15. The molecule has 110 valence electrons. The molecule has 20 heavy (non-hydrogen) atoms. The molecular formula is C13H19N3O3S. The van der Waals surface area contributed by atoms with Crippen LogP contribution in [0.25, 0.3) is 0 Å². The topological polar surface area (TPSA) is 71.6 Å². The number of amides is 1. The minimum atomic E-state index is -0.604. The van der Waals surface area contributed by atoms with Gasteiger partial charge in [-0.2, -0.15) is 0 Å². The average Bonchev–Trinajstić information content (AvgIpc) is 2.34. The van der Waals surface area contributed by atoms with E-state index in [2.05, 4.69) is 16.2 Å². The molecule has 1 aromatic carbocycles. The van der Waals surface area contributed by atoms with Crippen molar-refractivity contribution >= 4 is 29.1 Å². The molecule has 0 aliphatic heterocycles. The molecule has 1 amide bonds. The van der Waals surface area contributed by atoms with Gasteiger partial charge in [-0.15, -0.1) is 0 Å². The van der Waals surface area contributed by atoms with E-state index in [-0.39, 0.29) is 5.11 Å². The first kappa shape index (κ1) is 16.0. The number of hydrazine groups is 1. The molecule has 0 heterocycles. The molecule has 0 unspecified atom stereocenters. The van der Waals surface area contributed by atoms with Crippen LogP contribution in [-0.2, 0) is 4.74 Å². The maximum atomic E-state index is 11.4. The van der Waals surface area contributed by atoms with Crippen LogP contribution in [0.3, 0.4) is 0 Å². The molecule has 0 aliphatic carbocycles. The molecule has 3 N–H and O–H groups in total. The van der Waals surface area contributed by atoms with E-state index >= 15 is 0 Å². The quantitative estimate of drug-likeness (QED) is 0.575. The van der Waals surface area contributed by atoms with E-state index in [0.717, 1.165) is 5.69 Å². The van der Waals surface area contributed by atoms with E-state index in [1.54, 1.807) is 33.9 Å². The van der Waals surface area contributed by atoms with Crippen LogP contribution in [0.4, 0.5) is 10.5 Å². The summed E-state index contributed by atoms with van der Waals surface area (Å²) in [5.41, 5.74) is 5.07. The molecule has 0 saturated carbocycles. The Morgan fingerprint density at radius 3 is 2.55 bits per heavy atom. The third-order valence-corrected chi connectivity index (χ3v) is 2.21. The SMILES string of the molecule is COc1cccc(NC(=S)NNC(=O)OC(C)(C)C)c1. The van der Waals surface area contributed by atoms with E-state index in [1.165, 1.54) is 0 Å². The molecule has 1 rings (SSSR count). The monoisotopic (exact) mass is 297 g/mol. The highest BCUT2D eigenvalue weighted by Crippen LogP contribution is 2.16. The highest BCUT2D eigenvalue weighted by atomic mass is 32.1. The summed E-state index contributed by atoms with van der Waals surface area (Å²) >= 11 is 5.04. The Balaban J connectivity index is 2.42. The number of hydrogen-bond donors (Lipinski definition) is 3. The van der Waals surface area contributed by atoms with Crippen LogP contribution in [0, 0.1) is 0 Å². The molecule has 0 aliphatic rings. The van der Waals surface area contributed by atoms with E-state index in [0.29, 0.717) is 5.75 Å². The second-order valence-corrected chi connectivity index (χ2v) is 5.35. The Bertz CT molecular complexity index is 486. The summed E-state index contributed by atoms with van der Waals surface area (Å²) in [6.07, 6.45) is -0.604. The fraction of sp³-hybridized carbons (Fsp3) is 0.385. The number of hydrogen-bond acceptors (Lipinski definition) is 4. The van der Waals surface area contributed by atoms with E-state index < -0.39 is 11.7 Å². The molecule has 0 spiro atoms. The van der Waals surface area contributed by atoms with Crippen molar-refractivity contribution < 1.29 is 14.3 Å². The zero-order chi connectivity index (χ0) is 15.2. The number of methoxy groups -OCH3 is 1. The first-order chi connectivity index (χ1) is 9.30. The van der Waals surface area contributed by atoms with Gasteiger partial charge in [0.15, 0.2) is 5.11 Å². The second-order valence-electron chi connectivity index (χ2n) is 4.94. The Hall–Kier alpha value is -2.02. The first-order valence-electron chi connectivity index (χ1n) is 6.00. The second kappa shape index (κ2) is 6.95. The van der Waals surface area contributed by atoms with Crippen LogP contribution in [0.1, 0.15) is 20.8 Å². The van der Waals surface area contributed by atoms with Gasteiger partial charge < -0.3 is 14.8 Å². The minimum Gasteiger partial charge on any atom is -0.497 e. The van der Waals surface area contributed by atoms with Gasteiger partial charge in [0.2, 0.25) is 0 Å². The van der Waals surface area contributed by atoms with Crippen LogP contribution >= 0.6 is 12.2 Å². The largest absolute Gasteiger partial charge is 0.497 e. The van der Waals surface area contributed by atoms with E-state index in [9.17, 15) is 4.79 Å². The van der Waals surface area contributed by atoms with Crippen LogP contribution in [0.5, 0.6) is 5.75 Å². The summed E-state index contributed by atoms with van der Waals surface area (Å²) < 4.78 is 10.2. The van der Waals surface area contributed by atoms with Crippen LogP contribution in [0.15, 0.2) is 24.3 Å². The zero-order valence-corrected chi connectivity index (χ0v) is 12.8. The molecule has 0 radical (unpaired) electrons. The summed E-state index contributed by atoms with van der Waals surface area (Å²) in [5, 5.41) is 3.14. The molecule has 6 nitrogen and oxygen atoms in total. The van der Waals surface area contributed by atoms with Gasteiger partial charge in [0, 0.05) is 11.8 Å². The van der Waals surface area contributed by atoms with Crippen LogP contribution in [0.2, 0.25) is 0 Å². The Morgan fingerprint density at radius 2 is 1.95 bits per heavy atom. The molecule has 0 atom stereocenters. The first-order valence-corrected chi connectivity index (χ1v) is 6.41. The molecule has 7 heteroatoms. The highest BCUT2D eigenvalue weighted by molar-refractivity contribution is 7.80. The Labute approximate surface area is 123 Å². The average molecular weight is 297 g/mol. The van der Waals surface area contributed by atoms with Gasteiger partial charge in [0.05, 0.1) is 7.11 Å². The van der Waals surface area contributed by atoms with Crippen molar-refractivity contribution in [3.8, 4) is 5.75 Å². The molecule has 0 bridgehead atoms. The van der Waals surface area contributed by atoms with E-state index in [4.69, 9.17) is 21.7 Å². The summed E-state index contributed by atoms with van der Waals surface area (Å²) in [5.74, 6) is 0.706. The maximum absolute atomic E-state index is 11.4. The summed E-state index contributed by atoms with van der Waals surface area (Å²) in [6, 6.07) is 7.25. The van der Waals surface area contributed by atoms with Gasteiger partial charge in [-0.25, -0.2) is 10.2 Å². The third kappa shape index (κ3) is 6.24. The standard InChI is InChI=1S/C13H19N3O3S/c1-13(2,3)19-12(17)16-15-11(20)14-9-6-5-7-10(8-9)18-4/h5-8H,1-4H3,(H,16,17)(H2,14,15,20). The smallest absolute Gasteiger partial charge is 0.426 e. The van der Waals surface area contributed by atoms with Crippen molar-refractivity contribution in [1.82, 2.24) is 10.9 Å². The lowest BCUT2D eigenvalue weighted by atomic mass is 10.2. The molecule has 1 aromatic rings. The molecule has 0 aromatic heterocycles. The molecular weight excluding hydrogens is 278 g/mol. The minimum absolute atomic E-state index is 0.240. The van der Waals surface area contributed by atoms with Gasteiger partial charge in [-0.05, 0) is 45.1 Å². The van der Waals surface area contributed by atoms with Gasteiger partial charge in [-0.1, -0.05) is 6.07 Å². The summed E-state index contributed by atoms with van der Waals surface area (Å²) in [6.45, 7) is 5.33. The number of rotatable bonds is 2. The van der Waals surface area contributed by atoms with E-state index in [1.807, 2.05) is 18.2 Å². The number of anilines is 1. The summed E-state index contributed by atoms with van der Waals surface area (Å²) in [4.78, 5) is 11.4.